The first-order chi connectivity index (χ1) is 8.04. The quantitative estimate of drug-likeness (QED) is 0.659. The van der Waals surface area contributed by atoms with Crippen LogP contribution < -0.4 is 15.0 Å². The first-order valence-corrected chi connectivity index (χ1v) is 7.25. The number of amides is 1. The number of alkyl halides is 1. The Bertz CT molecular complexity index is 368. The minimum atomic E-state index is -0.452. The van der Waals surface area contributed by atoms with Crippen LogP contribution in [-0.4, -0.2) is 32.2 Å². The van der Waals surface area contributed by atoms with Crippen LogP contribution in [0.25, 0.3) is 0 Å². The Labute approximate surface area is 116 Å². The number of nitrogens with one attached hydrogen (secondary N) is 1. The van der Waals surface area contributed by atoms with Crippen molar-refractivity contribution in [1.29, 1.82) is 0 Å². The molecule has 0 unspecified atom stereocenters. The maximum Gasteiger partial charge on any atom is 0.412 e. The Morgan fingerprint density at radius 1 is 1.35 bits per heavy atom. The van der Waals surface area contributed by atoms with Crippen molar-refractivity contribution in [2.75, 3.05) is 31.0 Å². The van der Waals surface area contributed by atoms with Crippen LogP contribution >= 0.6 is 22.6 Å². The van der Waals surface area contributed by atoms with Gasteiger partial charge in [0.15, 0.2) is 0 Å². The van der Waals surface area contributed by atoms with E-state index < -0.39 is 6.09 Å². The van der Waals surface area contributed by atoms with E-state index >= 15 is 0 Å². The summed E-state index contributed by atoms with van der Waals surface area (Å²) in [5.41, 5.74) is 2.18. The number of anilines is 1. The SMILES string of the molecule is CI.CNC(=O)Oc1ccc(N(C)C)c(C)c1. The summed E-state index contributed by atoms with van der Waals surface area (Å²) in [7, 11) is 5.48. The number of halogens is 1. The Morgan fingerprint density at radius 2 is 1.94 bits per heavy atom. The molecule has 5 heteroatoms. The average molecular weight is 350 g/mol. The molecular weight excluding hydrogens is 331 g/mol. The van der Waals surface area contributed by atoms with E-state index in [0.29, 0.717) is 5.75 Å². The summed E-state index contributed by atoms with van der Waals surface area (Å²) in [4.78, 5) is 15.0. The number of ether oxygens (including phenoxy) is 1. The molecule has 0 aliphatic heterocycles. The first kappa shape index (κ1) is 16.0. The second-order valence-corrected chi connectivity index (χ2v) is 3.48. The highest BCUT2D eigenvalue weighted by Crippen LogP contribution is 2.23. The zero-order valence-corrected chi connectivity index (χ0v) is 13.0. The number of hydrogen-bond acceptors (Lipinski definition) is 3. The molecule has 0 aromatic heterocycles. The molecular formula is C12H19IN2O2. The molecule has 0 atom stereocenters. The van der Waals surface area contributed by atoms with Gasteiger partial charge >= 0.3 is 6.09 Å². The Morgan fingerprint density at radius 3 is 2.35 bits per heavy atom. The van der Waals surface area contributed by atoms with Crippen molar-refractivity contribution >= 4 is 34.4 Å². The lowest BCUT2D eigenvalue weighted by Crippen LogP contribution is -2.22. The van der Waals surface area contributed by atoms with Crippen LogP contribution in [0.5, 0.6) is 5.75 Å². The molecule has 0 aliphatic rings. The lowest BCUT2D eigenvalue weighted by molar-refractivity contribution is 0.203. The normalized spacial score (nSPS) is 8.82. The summed E-state index contributed by atoms with van der Waals surface area (Å²) in [6.45, 7) is 1.98. The molecule has 1 N–H and O–H groups in total. The van der Waals surface area contributed by atoms with Gasteiger partial charge in [-0.05, 0) is 35.6 Å². The number of aryl methyl sites for hydroxylation is 1. The van der Waals surface area contributed by atoms with Crippen molar-refractivity contribution in [3.05, 3.63) is 23.8 Å². The molecule has 0 aliphatic carbocycles. The van der Waals surface area contributed by atoms with Crippen molar-refractivity contribution in [2.24, 2.45) is 0 Å². The topological polar surface area (TPSA) is 41.6 Å². The molecule has 17 heavy (non-hydrogen) atoms. The molecule has 4 nitrogen and oxygen atoms in total. The monoisotopic (exact) mass is 350 g/mol. The molecule has 0 fully saturated rings. The fraction of sp³-hybridized carbons (Fsp3) is 0.417. The summed E-state index contributed by atoms with van der Waals surface area (Å²) >= 11 is 2.15. The average Bonchev–Trinajstić information content (AvgIpc) is 2.31. The predicted molar refractivity (Wildman–Crippen MR) is 80.5 cm³/mol. The van der Waals surface area contributed by atoms with Crippen molar-refractivity contribution in [3.8, 4) is 5.75 Å². The summed E-state index contributed by atoms with van der Waals surface area (Å²) in [6, 6.07) is 5.54. The van der Waals surface area contributed by atoms with E-state index in [9.17, 15) is 4.79 Å². The van der Waals surface area contributed by atoms with Crippen LogP contribution in [0.15, 0.2) is 18.2 Å². The van der Waals surface area contributed by atoms with Crippen LogP contribution in [0.2, 0.25) is 0 Å². The number of carbonyl (C=O) groups excluding carboxylic acids is 1. The minimum Gasteiger partial charge on any atom is -0.410 e. The van der Waals surface area contributed by atoms with Gasteiger partial charge in [0.25, 0.3) is 0 Å². The molecule has 0 saturated heterocycles. The fourth-order valence-corrected chi connectivity index (χ4v) is 1.35. The van der Waals surface area contributed by atoms with Crippen molar-refractivity contribution in [2.45, 2.75) is 6.92 Å². The maximum atomic E-state index is 11.0. The van der Waals surface area contributed by atoms with Gasteiger partial charge in [0.2, 0.25) is 0 Å². The summed E-state index contributed by atoms with van der Waals surface area (Å²) in [5.74, 6) is 0.553. The summed E-state index contributed by atoms with van der Waals surface area (Å²) in [6.07, 6.45) is -0.452. The highest BCUT2D eigenvalue weighted by molar-refractivity contribution is 14.1. The fourth-order valence-electron chi connectivity index (χ4n) is 1.35. The summed E-state index contributed by atoms with van der Waals surface area (Å²) < 4.78 is 5.01. The van der Waals surface area contributed by atoms with Gasteiger partial charge < -0.3 is 15.0 Å². The third-order valence-electron chi connectivity index (χ3n) is 2.06. The molecule has 96 valence electrons. The number of hydrogen-bond donors (Lipinski definition) is 1. The molecule has 1 aromatic rings. The number of rotatable bonds is 2. The molecule has 1 amide bonds. The van der Waals surface area contributed by atoms with E-state index in [4.69, 9.17) is 4.74 Å². The zero-order chi connectivity index (χ0) is 13.4. The van der Waals surface area contributed by atoms with E-state index in [0.717, 1.165) is 11.3 Å². The van der Waals surface area contributed by atoms with Crippen LogP contribution in [0, 0.1) is 6.92 Å². The summed E-state index contributed by atoms with van der Waals surface area (Å²) in [5, 5.41) is 2.40. The first-order valence-electron chi connectivity index (χ1n) is 5.10. The zero-order valence-electron chi connectivity index (χ0n) is 10.9. The van der Waals surface area contributed by atoms with Gasteiger partial charge in [0.1, 0.15) is 5.75 Å². The smallest absolute Gasteiger partial charge is 0.410 e. The molecule has 0 heterocycles. The third-order valence-corrected chi connectivity index (χ3v) is 2.06. The van der Waals surface area contributed by atoms with E-state index in [2.05, 4.69) is 27.9 Å². The van der Waals surface area contributed by atoms with Gasteiger partial charge in [0, 0.05) is 26.8 Å². The van der Waals surface area contributed by atoms with Gasteiger partial charge in [-0.1, -0.05) is 22.6 Å². The Kier molecular flexibility index (Phi) is 7.69. The largest absolute Gasteiger partial charge is 0.412 e. The minimum absolute atomic E-state index is 0.452. The van der Waals surface area contributed by atoms with Gasteiger partial charge in [-0.25, -0.2) is 4.79 Å². The third kappa shape index (κ3) is 5.25. The van der Waals surface area contributed by atoms with E-state index in [1.54, 1.807) is 6.07 Å². The second kappa shape index (κ2) is 8.16. The van der Waals surface area contributed by atoms with Gasteiger partial charge in [-0.15, -0.1) is 0 Å². The van der Waals surface area contributed by atoms with Crippen LogP contribution in [-0.2, 0) is 0 Å². The number of nitrogens with zero attached hydrogens (tertiary/aromatic N) is 1. The molecule has 1 aromatic carbocycles. The second-order valence-electron chi connectivity index (χ2n) is 3.48. The highest BCUT2D eigenvalue weighted by atomic mass is 127. The lowest BCUT2D eigenvalue weighted by Gasteiger charge is -2.16. The van der Waals surface area contributed by atoms with Crippen molar-refractivity contribution in [1.82, 2.24) is 5.32 Å². The van der Waals surface area contributed by atoms with Crippen molar-refractivity contribution < 1.29 is 9.53 Å². The van der Waals surface area contributed by atoms with Crippen LogP contribution in [0.1, 0.15) is 5.56 Å². The lowest BCUT2D eigenvalue weighted by atomic mass is 10.2. The van der Waals surface area contributed by atoms with E-state index in [-0.39, 0.29) is 0 Å². The van der Waals surface area contributed by atoms with Gasteiger partial charge in [-0.2, -0.15) is 0 Å². The Hall–Kier alpha value is -0.980. The molecule has 0 radical (unpaired) electrons. The number of benzene rings is 1. The molecule has 0 spiro atoms. The standard InChI is InChI=1S/C11H16N2O2.CH3I/c1-8-7-9(15-11(14)12-2)5-6-10(8)13(3)4;1-2/h5-7H,1-4H3,(H,12,14);1H3. The maximum absolute atomic E-state index is 11.0. The molecule has 1 rings (SSSR count). The highest BCUT2D eigenvalue weighted by Gasteiger charge is 2.05. The van der Waals surface area contributed by atoms with E-state index in [1.165, 1.54) is 7.05 Å². The molecule has 0 bridgehead atoms. The van der Waals surface area contributed by atoms with E-state index in [1.807, 2.05) is 43.0 Å². The van der Waals surface area contributed by atoms with Crippen LogP contribution in [0.3, 0.4) is 0 Å². The van der Waals surface area contributed by atoms with Gasteiger partial charge in [0.05, 0.1) is 0 Å². The van der Waals surface area contributed by atoms with Crippen LogP contribution in [0.4, 0.5) is 10.5 Å². The predicted octanol–water partition coefficient (Wildman–Crippen LogP) is 2.83. The number of carbonyl (C=O) groups is 1. The van der Waals surface area contributed by atoms with Gasteiger partial charge in [-0.3, -0.25) is 0 Å². The van der Waals surface area contributed by atoms with Crippen molar-refractivity contribution in [3.63, 3.8) is 0 Å². The Balaban J connectivity index is 0.00000121. The molecule has 0 saturated carbocycles.